The first-order valence-corrected chi connectivity index (χ1v) is 6.85. The Balaban J connectivity index is 2.47. The van der Waals surface area contributed by atoms with Crippen molar-refractivity contribution in [1.82, 2.24) is 5.32 Å². The Morgan fingerprint density at radius 1 is 1.17 bits per heavy atom. The van der Waals surface area contributed by atoms with Gasteiger partial charge in [0.2, 0.25) is 0 Å². The summed E-state index contributed by atoms with van der Waals surface area (Å²) in [5.41, 5.74) is 2.45. The van der Waals surface area contributed by atoms with E-state index in [1.807, 2.05) is 24.5 Å². The first-order valence-electron chi connectivity index (χ1n) is 6.04. The lowest BCUT2D eigenvalue weighted by molar-refractivity contribution is 0.405. The molecule has 2 rings (SSSR count). The molecule has 96 valence electrons. The summed E-state index contributed by atoms with van der Waals surface area (Å²) in [7, 11) is 3.71. The average Bonchev–Trinajstić information content (AvgIpc) is 2.77. The first-order chi connectivity index (χ1) is 8.65. The molecule has 2 aromatic rings. The van der Waals surface area contributed by atoms with Crippen LogP contribution in [0.4, 0.5) is 0 Å². The Morgan fingerprint density at radius 3 is 2.50 bits per heavy atom. The molecule has 1 atom stereocenters. The van der Waals surface area contributed by atoms with Gasteiger partial charge in [0.05, 0.1) is 13.2 Å². The van der Waals surface area contributed by atoms with Crippen molar-refractivity contribution in [3.63, 3.8) is 0 Å². The zero-order valence-corrected chi connectivity index (χ0v) is 12.1. The average molecular weight is 261 g/mol. The van der Waals surface area contributed by atoms with E-state index >= 15 is 0 Å². The van der Waals surface area contributed by atoms with Crippen molar-refractivity contribution in [3.8, 4) is 5.75 Å². The monoisotopic (exact) mass is 261 g/mol. The molecule has 1 aromatic heterocycles. The van der Waals surface area contributed by atoms with E-state index in [1.165, 1.54) is 20.9 Å². The highest BCUT2D eigenvalue weighted by atomic mass is 32.1. The van der Waals surface area contributed by atoms with Crippen molar-refractivity contribution in [3.05, 3.63) is 51.2 Å². The lowest BCUT2D eigenvalue weighted by Crippen LogP contribution is -2.17. The van der Waals surface area contributed by atoms with Crippen molar-refractivity contribution in [2.24, 2.45) is 0 Å². The zero-order valence-electron chi connectivity index (χ0n) is 11.3. The van der Waals surface area contributed by atoms with Crippen LogP contribution in [0.1, 0.15) is 26.9 Å². The van der Waals surface area contributed by atoms with E-state index in [9.17, 15) is 0 Å². The van der Waals surface area contributed by atoms with Crippen LogP contribution >= 0.6 is 11.3 Å². The van der Waals surface area contributed by atoms with Gasteiger partial charge in [-0.15, -0.1) is 11.3 Å². The van der Waals surface area contributed by atoms with Crippen LogP contribution in [0.15, 0.2) is 30.3 Å². The molecular weight excluding hydrogens is 242 g/mol. The first kappa shape index (κ1) is 13.1. The fraction of sp³-hybridized carbons (Fsp3) is 0.333. The van der Waals surface area contributed by atoms with Crippen molar-refractivity contribution in [2.45, 2.75) is 19.9 Å². The Morgan fingerprint density at radius 2 is 1.94 bits per heavy atom. The molecule has 0 aliphatic carbocycles. The molecule has 0 spiro atoms. The van der Waals surface area contributed by atoms with Gasteiger partial charge in [-0.1, -0.05) is 17.7 Å². The third-order valence-corrected chi connectivity index (χ3v) is 4.10. The minimum Gasteiger partial charge on any atom is -0.496 e. The Bertz CT molecular complexity index is 533. The third kappa shape index (κ3) is 2.57. The molecule has 3 heteroatoms. The molecular formula is C15H19NOS. The highest BCUT2D eigenvalue weighted by molar-refractivity contribution is 7.12. The number of hydrogen-bond acceptors (Lipinski definition) is 3. The van der Waals surface area contributed by atoms with Crippen LogP contribution < -0.4 is 10.1 Å². The molecule has 2 nitrogen and oxygen atoms in total. The second kappa shape index (κ2) is 5.55. The summed E-state index contributed by atoms with van der Waals surface area (Å²) in [4.78, 5) is 2.65. The van der Waals surface area contributed by atoms with Crippen LogP contribution in [0, 0.1) is 13.8 Å². The maximum absolute atomic E-state index is 5.48. The molecule has 18 heavy (non-hydrogen) atoms. The van der Waals surface area contributed by atoms with Gasteiger partial charge in [-0.2, -0.15) is 0 Å². The van der Waals surface area contributed by atoms with Gasteiger partial charge >= 0.3 is 0 Å². The van der Waals surface area contributed by atoms with Gasteiger partial charge in [0.25, 0.3) is 0 Å². The molecule has 0 saturated carbocycles. The van der Waals surface area contributed by atoms with Crippen molar-refractivity contribution >= 4 is 11.3 Å². The summed E-state index contributed by atoms with van der Waals surface area (Å²) in [6, 6.07) is 10.8. The van der Waals surface area contributed by atoms with Gasteiger partial charge < -0.3 is 10.1 Å². The summed E-state index contributed by atoms with van der Waals surface area (Å²) in [5, 5.41) is 3.38. The van der Waals surface area contributed by atoms with E-state index in [1.54, 1.807) is 7.11 Å². The van der Waals surface area contributed by atoms with Gasteiger partial charge in [0.1, 0.15) is 5.75 Å². The largest absolute Gasteiger partial charge is 0.496 e. The number of hydrogen-bond donors (Lipinski definition) is 1. The van der Waals surface area contributed by atoms with Gasteiger partial charge in [-0.3, -0.25) is 0 Å². The van der Waals surface area contributed by atoms with Gasteiger partial charge in [-0.25, -0.2) is 0 Å². The summed E-state index contributed by atoms with van der Waals surface area (Å²) in [6.45, 7) is 4.24. The summed E-state index contributed by atoms with van der Waals surface area (Å²) >= 11 is 1.82. The van der Waals surface area contributed by atoms with E-state index in [0.717, 1.165) is 5.75 Å². The van der Waals surface area contributed by atoms with Gasteiger partial charge in [0, 0.05) is 15.3 Å². The molecule has 0 aliphatic rings. The highest BCUT2D eigenvalue weighted by Crippen LogP contribution is 2.33. The summed E-state index contributed by atoms with van der Waals surface area (Å²) in [6.07, 6.45) is 0. The molecule has 1 heterocycles. The van der Waals surface area contributed by atoms with Crippen LogP contribution in [0.2, 0.25) is 0 Å². The summed E-state index contributed by atoms with van der Waals surface area (Å²) < 4.78 is 5.48. The number of ether oxygens (including phenoxy) is 1. The van der Waals surface area contributed by atoms with E-state index in [2.05, 4.69) is 43.4 Å². The predicted octanol–water partition coefficient (Wildman–Crippen LogP) is 3.68. The fourth-order valence-corrected chi connectivity index (χ4v) is 3.15. The van der Waals surface area contributed by atoms with Gasteiger partial charge in [-0.05, 0) is 39.1 Å². The second-order valence-corrected chi connectivity index (χ2v) is 5.73. The lowest BCUT2D eigenvalue weighted by Gasteiger charge is -2.18. The molecule has 1 unspecified atom stereocenters. The van der Waals surface area contributed by atoms with Crippen LogP contribution in [-0.4, -0.2) is 14.2 Å². The number of thiophene rings is 1. The number of methoxy groups -OCH3 is 1. The van der Waals surface area contributed by atoms with Crippen LogP contribution in [-0.2, 0) is 0 Å². The van der Waals surface area contributed by atoms with Crippen LogP contribution in [0.5, 0.6) is 5.75 Å². The molecule has 0 bridgehead atoms. The Hall–Kier alpha value is -1.32. The van der Waals surface area contributed by atoms with Crippen LogP contribution in [0.25, 0.3) is 0 Å². The maximum Gasteiger partial charge on any atom is 0.124 e. The quantitative estimate of drug-likeness (QED) is 0.906. The number of aryl methyl sites for hydroxylation is 2. The molecule has 0 aliphatic heterocycles. The van der Waals surface area contributed by atoms with E-state index in [-0.39, 0.29) is 6.04 Å². The Kier molecular flexibility index (Phi) is 4.04. The minimum atomic E-state index is 0.193. The molecule has 0 radical (unpaired) electrons. The number of benzene rings is 1. The van der Waals surface area contributed by atoms with E-state index < -0.39 is 0 Å². The lowest BCUT2D eigenvalue weighted by atomic mass is 10.0. The standard InChI is InChI=1S/C15H19NOS/c1-10-5-7-13(17-4)12(9-10)15(16-3)14-8-6-11(2)18-14/h5-9,15-16H,1-4H3. The Labute approximate surface area is 113 Å². The fourth-order valence-electron chi connectivity index (χ4n) is 2.14. The molecule has 1 aromatic carbocycles. The second-order valence-electron chi connectivity index (χ2n) is 4.42. The van der Waals surface area contributed by atoms with Crippen molar-refractivity contribution < 1.29 is 4.74 Å². The maximum atomic E-state index is 5.48. The van der Waals surface area contributed by atoms with Crippen molar-refractivity contribution in [1.29, 1.82) is 0 Å². The molecule has 0 fully saturated rings. The predicted molar refractivity (Wildman–Crippen MR) is 77.7 cm³/mol. The van der Waals surface area contributed by atoms with E-state index in [4.69, 9.17) is 4.74 Å². The summed E-state index contributed by atoms with van der Waals surface area (Å²) in [5.74, 6) is 0.936. The molecule has 0 amide bonds. The smallest absolute Gasteiger partial charge is 0.124 e. The molecule has 0 saturated heterocycles. The van der Waals surface area contributed by atoms with E-state index in [0.29, 0.717) is 0 Å². The normalized spacial score (nSPS) is 12.4. The highest BCUT2D eigenvalue weighted by Gasteiger charge is 2.18. The minimum absolute atomic E-state index is 0.193. The van der Waals surface area contributed by atoms with Crippen molar-refractivity contribution in [2.75, 3.05) is 14.2 Å². The third-order valence-electron chi connectivity index (χ3n) is 3.03. The number of rotatable bonds is 4. The SMILES string of the molecule is CNC(c1ccc(C)s1)c1cc(C)ccc1OC. The molecule has 1 N–H and O–H groups in total. The number of nitrogens with one attached hydrogen (secondary N) is 1. The zero-order chi connectivity index (χ0) is 13.1. The topological polar surface area (TPSA) is 21.3 Å². The van der Waals surface area contributed by atoms with Crippen LogP contribution in [0.3, 0.4) is 0 Å². The van der Waals surface area contributed by atoms with Gasteiger partial charge in [0.15, 0.2) is 0 Å².